The van der Waals surface area contributed by atoms with E-state index < -0.39 is 0 Å². The molecule has 0 aromatic heterocycles. The van der Waals surface area contributed by atoms with Crippen molar-refractivity contribution in [2.24, 2.45) is 0 Å². The number of hydrogen-bond donors (Lipinski definition) is 0. The van der Waals surface area contributed by atoms with Crippen LogP contribution in [0.25, 0.3) is 0 Å². The summed E-state index contributed by atoms with van der Waals surface area (Å²) in [7, 11) is 0. The molecule has 0 aromatic carbocycles. The van der Waals surface area contributed by atoms with Gasteiger partial charge in [0.15, 0.2) is 0 Å². The fourth-order valence-electron chi connectivity index (χ4n) is 0. The molecule has 1 nitrogen and oxygen atoms in total. The molecule has 0 N–H and O–H groups in total. The topological polar surface area (TPSA) is 17.1 Å². The second-order valence-corrected chi connectivity index (χ2v) is 0.344. The van der Waals surface area contributed by atoms with Crippen molar-refractivity contribution in [3.8, 4) is 0 Å². The van der Waals surface area contributed by atoms with Gasteiger partial charge in [0.05, 0.1) is 0 Å². The van der Waals surface area contributed by atoms with Gasteiger partial charge in [0.2, 0.25) is 0 Å². The van der Waals surface area contributed by atoms with Crippen LogP contribution in [-0.2, 0) is 20.8 Å². The molecule has 0 spiro atoms. The summed E-state index contributed by atoms with van der Waals surface area (Å²) in [6.45, 7) is 0. The number of rotatable bonds is 0. The monoisotopic (exact) mass is 101 g/mol. The Kier molecular flexibility index (Phi) is 24.0. The molecule has 0 fully saturated rings. The van der Waals surface area contributed by atoms with Crippen LogP contribution < -0.4 is 0 Å². The van der Waals surface area contributed by atoms with Crippen LogP contribution in [0.5, 0.6) is 0 Å². The van der Waals surface area contributed by atoms with Crippen LogP contribution >= 0.6 is 0 Å². The number of carbonyl (C=O) groups excluding carboxylic acids is 1. The molecule has 0 heterocycles. The summed E-state index contributed by atoms with van der Waals surface area (Å²) in [5, 5.41) is 0.500. The number of hydrogen-bond acceptors (Lipinski definition) is 1. The molecule has 0 unspecified atom stereocenters. The van der Waals surface area contributed by atoms with Gasteiger partial charge in [-0.1, -0.05) is 7.43 Å². The summed E-state index contributed by atoms with van der Waals surface area (Å²) in [5.74, 6) is 0. The first-order chi connectivity index (χ1) is 1.41. The third-order valence-electron chi connectivity index (χ3n) is 0. The van der Waals surface area contributed by atoms with Crippen molar-refractivity contribution in [2.45, 2.75) is 7.43 Å². The normalized spacial score (nSPS) is 3.25. The van der Waals surface area contributed by atoms with Gasteiger partial charge in [0.25, 0.3) is 0 Å². The van der Waals surface area contributed by atoms with Gasteiger partial charge in [0, 0.05) is 0 Å². The van der Waals surface area contributed by atoms with E-state index in [9.17, 15) is 0 Å². The molecule has 0 aliphatic carbocycles. The van der Waals surface area contributed by atoms with Gasteiger partial charge in [-0.15, -0.1) is 0 Å². The second-order valence-electron chi connectivity index (χ2n) is 0.0833. The van der Waals surface area contributed by atoms with Gasteiger partial charge in [-0.3, -0.25) is 0 Å². The van der Waals surface area contributed by atoms with Gasteiger partial charge >= 0.3 is 26.0 Å². The van der Waals surface area contributed by atoms with E-state index in [1.54, 1.807) is 0 Å². The van der Waals surface area contributed by atoms with Crippen molar-refractivity contribution in [3.63, 3.8) is 0 Å². The van der Waals surface area contributed by atoms with E-state index in [-0.39, 0.29) is 7.43 Å². The zero-order valence-electron chi connectivity index (χ0n) is 1.34. The van der Waals surface area contributed by atoms with Gasteiger partial charge in [-0.05, 0) is 0 Å². The van der Waals surface area contributed by atoms with E-state index >= 15 is 0 Å². The first-order valence-electron chi connectivity index (χ1n) is 0.440. The zero-order chi connectivity index (χ0) is 2.71. The Labute approximate surface area is 34.2 Å². The fourth-order valence-corrected chi connectivity index (χ4v) is 0. The van der Waals surface area contributed by atoms with E-state index in [0.717, 1.165) is 0 Å². The van der Waals surface area contributed by atoms with Gasteiger partial charge in [-0.2, -0.15) is 0 Å². The maximum absolute atomic E-state index is 8.69. The van der Waals surface area contributed by atoms with Gasteiger partial charge in [-0.25, -0.2) is 0 Å². The van der Waals surface area contributed by atoms with Crippen molar-refractivity contribution in [1.82, 2.24) is 0 Å². The van der Waals surface area contributed by atoms with E-state index in [0.29, 0.717) is 5.18 Å². The summed E-state index contributed by atoms with van der Waals surface area (Å²) in [4.78, 5) is 8.69. The summed E-state index contributed by atoms with van der Waals surface area (Å²) in [6.07, 6.45) is 0. The molecule has 0 bridgehead atoms. The van der Waals surface area contributed by atoms with E-state index in [4.69, 9.17) is 4.79 Å². The van der Waals surface area contributed by atoms with Gasteiger partial charge in [0.1, 0.15) is 0 Å². The SMILES string of the molecule is C.O=[CH][Fe]. The summed E-state index contributed by atoms with van der Waals surface area (Å²) in [6, 6.07) is 0. The quantitative estimate of drug-likeness (QED) is 0.318. The Morgan fingerprint density at radius 1 is 1.75 bits per heavy atom. The average molecular weight is 101 g/mol. The fraction of sp³-hybridized carbons (Fsp3) is 0.500. The van der Waals surface area contributed by atoms with Crippen LogP contribution in [-0.4, -0.2) is 5.18 Å². The molecular formula is C2H5FeO. The zero-order valence-corrected chi connectivity index (χ0v) is 2.44. The molecule has 27 valence electrons. The molecule has 0 radical (unpaired) electrons. The molecule has 0 atom stereocenters. The third-order valence-corrected chi connectivity index (χ3v) is 0. The van der Waals surface area contributed by atoms with E-state index in [2.05, 4.69) is 16.0 Å². The minimum absolute atomic E-state index is 0. The molecule has 2 heteroatoms. The summed E-state index contributed by atoms with van der Waals surface area (Å²) < 4.78 is 0. The van der Waals surface area contributed by atoms with Crippen molar-refractivity contribution >= 4 is 5.18 Å². The first-order valence-corrected chi connectivity index (χ1v) is 1.08. The van der Waals surface area contributed by atoms with E-state index in [1.807, 2.05) is 0 Å². The van der Waals surface area contributed by atoms with Crippen molar-refractivity contribution < 1.29 is 20.8 Å². The van der Waals surface area contributed by atoms with Crippen LogP contribution in [0.4, 0.5) is 0 Å². The molecule has 0 amide bonds. The Balaban J connectivity index is 0. The molecule has 4 heavy (non-hydrogen) atoms. The van der Waals surface area contributed by atoms with Gasteiger partial charge < -0.3 is 0 Å². The predicted molar refractivity (Wildman–Crippen MR) is 13.5 cm³/mol. The minimum atomic E-state index is 0. The average Bonchev–Trinajstić information content (AvgIpc) is 0.918. The predicted octanol–water partition coefficient (Wildman–Crippen LogP) is 0.359. The van der Waals surface area contributed by atoms with Crippen molar-refractivity contribution in [1.29, 1.82) is 0 Å². The van der Waals surface area contributed by atoms with Crippen LogP contribution in [0.1, 0.15) is 7.43 Å². The van der Waals surface area contributed by atoms with Crippen LogP contribution in [0.15, 0.2) is 0 Å². The van der Waals surface area contributed by atoms with Crippen LogP contribution in [0.2, 0.25) is 0 Å². The Bertz CT molecular complexity index is 13.5. The Hall–Kier alpha value is 0.189. The molecule has 0 saturated carbocycles. The summed E-state index contributed by atoms with van der Waals surface area (Å²) in [5.41, 5.74) is 0. The van der Waals surface area contributed by atoms with Crippen molar-refractivity contribution in [2.75, 3.05) is 0 Å². The number of carbonyl (C=O) groups is 1. The Morgan fingerprint density at radius 2 is 1.75 bits per heavy atom. The van der Waals surface area contributed by atoms with Crippen molar-refractivity contribution in [3.05, 3.63) is 0 Å². The summed E-state index contributed by atoms with van der Waals surface area (Å²) >= 11 is 2.81. The van der Waals surface area contributed by atoms with Crippen LogP contribution in [0, 0.1) is 0 Å². The van der Waals surface area contributed by atoms with E-state index in [1.165, 1.54) is 0 Å². The second kappa shape index (κ2) is 10.8. The molecule has 0 saturated heterocycles. The Morgan fingerprint density at radius 3 is 1.75 bits per heavy atom. The molecule has 0 aliphatic heterocycles. The molecular weight excluding hydrogens is 95.9 g/mol. The standard InChI is InChI=1S/CHO.CH4.Fe/c1-2;;/h1H;1H4;. The van der Waals surface area contributed by atoms with Crippen LogP contribution in [0.3, 0.4) is 0 Å². The molecule has 0 aromatic rings. The first kappa shape index (κ1) is 8.89. The molecule has 0 aliphatic rings. The molecule has 0 rings (SSSR count). The third kappa shape index (κ3) is 86.3. The maximum atomic E-state index is 8.69.